The van der Waals surface area contributed by atoms with Crippen LogP contribution in [0.2, 0.25) is 0 Å². The van der Waals surface area contributed by atoms with Crippen molar-refractivity contribution in [2.45, 2.75) is 32.6 Å². The van der Waals surface area contributed by atoms with E-state index in [1.165, 1.54) is 12.8 Å². The van der Waals surface area contributed by atoms with Crippen molar-refractivity contribution in [1.29, 1.82) is 0 Å². The summed E-state index contributed by atoms with van der Waals surface area (Å²) in [6.45, 7) is 5.46. The smallest absolute Gasteiger partial charge is 0.239 e. The molecule has 116 valence electrons. The molecule has 1 saturated carbocycles. The minimum absolute atomic E-state index is 0.0115. The van der Waals surface area contributed by atoms with Gasteiger partial charge in [0.15, 0.2) is 5.96 Å². The fourth-order valence-corrected chi connectivity index (χ4v) is 1.63. The van der Waals surface area contributed by atoms with Crippen molar-refractivity contribution in [2.24, 2.45) is 10.9 Å². The second kappa shape index (κ2) is 10.5. The van der Waals surface area contributed by atoms with Gasteiger partial charge < -0.3 is 20.7 Å². The third kappa shape index (κ3) is 8.74. The number of ether oxygens (including phenoxy) is 1. The number of hydrogen-bond acceptors (Lipinski definition) is 3. The zero-order valence-electron chi connectivity index (χ0n) is 12.7. The molecule has 6 nitrogen and oxygen atoms in total. The monoisotopic (exact) mass is 284 g/mol. The lowest BCUT2D eigenvalue weighted by molar-refractivity contribution is -0.120. The number of aliphatic imine (C=N–C) groups is 1. The molecule has 0 radical (unpaired) electrons. The van der Waals surface area contributed by atoms with E-state index in [2.05, 4.69) is 20.9 Å². The molecule has 1 aliphatic rings. The van der Waals surface area contributed by atoms with Crippen LogP contribution in [0.3, 0.4) is 0 Å². The average molecular weight is 284 g/mol. The SMILES string of the molecule is CCCNC(=O)CNC(=NC)NCCCOCC1CC1. The van der Waals surface area contributed by atoms with Crippen LogP contribution in [0, 0.1) is 5.92 Å². The molecule has 1 rings (SSSR count). The number of nitrogens with zero attached hydrogens (tertiary/aromatic N) is 1. The Hall–Kier alpha value is -1.30. The standard InChI is InChI=1S/C14H28N4O2/c1-3-7-16-13(19)10-18-14(15-2)17-8-4-9-20-11-12-5-6-12/h12H,3-11H2,1-2H3,(H,16,19)(H2,15,17,18). The van der Waals surface area contributed by atoms with Crippen LogP contribution in [0.25, 0.3) is 0 Å². The minimum atomic E-state index is -0.0115. The Kier molecular flexibility index (Phi) is 8.78. The molecule has 0 aromatic carbocycles. The number of hydrogen-bond donors (Lipinski definition) is 3. The van der Waals surface area contributed by atoms with Crippen molar-refractivity contribution < 1.29 is 9.53 Å². The quantitative estimate of drug-likeness (QED) is 0.310. The number of guanidine groups is 1. The zero-order valence-corrected chi connectivity index (χ0v) is 12.7. The van der Waals surface area contributed by atoms with Crippen LogP contribution in [0.15, 0.2) is 4.99 Å². The van der Waals surface area contributed by atoms with E-state index in [0.29, 0.717) is 12.5 Å². The molecule has 0 aromatic heterocycles. The topological polar surface area (TPSA) is 74.8 Å². The maximum atomic E-state index is 11.4. The maximum absolute atomic E-state index is 11.4. The maximum Gasteiger partial charge on any atom is 0.239 e. The first kappa shape index (κ1) is 16.8. The number of carbonyl (C=O) groups excluding carboxylic acids is 1. The van der Waals surface area contributed by atoms with E-state index in [0.717, 1.165) is 38.5 Å². The highest BCUT2D eigenvalue weighted by atomic mass is 16.5. The summed E-state index contributed by atoms with van der Waals surface area (Å²) in [5.74, 6) is 1.46. The summed E-state index contributed by atoms with van der Waals surface area (Å²) in [6.07, 6.45) is 4.54. The molecule has 0 atom stereocenters. The minimum Gasteiger partial charge on any atom is -0.381 e. The molecule has 6 heteroatoms. The van der Waals surface area contributed by atoms with E-state index >= 15 is 0 Å². The van der Waals surface area contributed by atoms with E-state index in [9.17, 15) is 4.79 Å². The van der Waals surface area contributed by atoms with Gasteiger partial charge in [-0.15, -0.1) is 0 Å². The van der Waals surface area contributed by atoms with Crippen molar-refractivity contribution in [3.8, 4) is 0 Å². The van der Waals surface area contributed by atoms with E-state index in [4.69, 9.17) is 4.74 Å². The molecular formula is C14H28N4O2. The van der Waals surface area contributed by atoms with Crippen LogP contribution in [0.4, 0.5) is 0 Å². The Balaban J connectivity index is 1.96. The number of rotatable bonds is 10. The molecule has 0 spiro atoms. The summed E-state index contributed by atoms with van der Waals surface area (Å²) >= 11 is 0. The molecule has 1 fully saturated rings. The Bertz CT molecular complexity index is 304. The summed E-state index contributed by atoms with van der Waals surface area (Å²) in [7, 11) is 1.70. The van der Waals surface area contributed by atoms with Crippen molar-refractivity contribution >= 4 is 11.9 Å². The normalized spacial score (nSPS) is 15.0. The Morgan fingerprint density at radius 2 is 2.05 bits per heavy atom. The first-order valence-corrected chi connectivity index (χ1v) is 7.55. The van der Waals surface area contributed by atoms with Gasteiger partial charge in [-0.1, -0.05) is 6.92 Å². The Morgan fingerprint density at radius 1 is 1.25 bits per heavy atom. The van der Waals surface area contributed by atoms with Gasteiger partial charge in [0, 0.05) is 33.4 Å². The van der Waals surface area contributed by atoms with E-state index in [1.54, 1.807) is 7.05 Å². The average Bonchev–Trinajstić information content (AvgIpc) is 3.27. The number of amides is 1. The molecule has 0 aliphatic heterocycles. The molecule has 3 N–H and O–H groups in total. The van der Waals surface area contributed by atoms with Crippen LogP contribution in [0.1, 0.15) is 32.6 Å². The summed E-state index contributed by atoms with van der Waals surface area (Å²) < 4.78 is 5.55. The fraction of sp³-hybridized carbons (Fsp3) is 0.857. The summed E-state index contributed by atoms with van der Waals surface area (Å²) in [6, 6.07) is 0. The zero-order chi connectivity index (χ0) is 14.6. The fourth-order valence-electron chi connectivity index (χ4n) is 1.63. The molecule has 1 amide bonds. The van der Waals surface area contributed by atoms with Gasteiger partial charge in [0.05, 0.1) is 6.54 Å². The molecule has 0 aromatic rings. The largest absolute Gasteiger partial charge is 0.381 e. The Morgan fingerprint density at radius 3 is 2.70 bits per heavy atom. The second-order valence-corrected chi connectivity index (χ2v) is 5.07. The predicted octanol–water partition coefficient (Wildman–Crippen LogP) is 0.494. The van der Waals surface area contributed by atoms with Crippen molar-refractivity contribution in [1.82, 2.24) is 16.0 Å². The van der Waals surface area contributed by atoms with Crippen molar-refractivity contribution in [3.05, 3.63) is 0 Å². The summed E-state index contributed by atoms with van der Waals surface area (Å²) in [5.41, 5.74) is 0. The summed E-state index contributed by atoms with van der Waals surface area (Å²) in [4.78, 5) is 15.5. The lowest BCUT2D eigenvalue weighted by Gasteiger charge is -2.11. The number of nitrogens with one attached hydrogen (secondary N) is 3. The van der Waals surface area contributed by atoms with Gasteiger partial charge >= 0.3 is 0 Å². The summed E-state index contributed by atoms with van der Waals surface area (Å²) in [5, 5.41) is 8.95. The highest BCUT2D eigenvalue weighted by Crippen LogP contribution is 2.28. The third-order valence-electron chi connectivity index (χ3n) is 3.02. The molecule has 0 heterocycles. The van der Waals surface area contributed by atoms with Crippen LogP contribution < -0.4 is 16.0 Å². The van der Waals surface area contributed by atoms with E-state index < -0.39 is 0 Å². The molecular weight excluding hydrogens is 256 g/mol. The van der Waals surface area contributed by atoms with E-state index in [-0.39, 0.29) is 12.5 Å². The highest BCUT2D eigenvalue weighted by molar-refractivity contribution is 5.86. The first-order chi connectivity index (χ1) is 9.76. The van der Waals surface area contributed by atoms with Gasteiger partial charge in [-0.3, -0.25) is 9.79 Å². The highest BCUT2D eigenvalue weighted by Gasteiger charge is 2.20. The molecule has 0 unspecified atom stereocenters. The van der Waals surface area contributed by atoms with Gasteiger partial charge in [-0.05, 0) is 31.6 Å². The molecule has 0 saturated heterocycles. The van der Waals surface area contributed by atoms with Crippen molar-refractivity contribution in [2.75, 3.05) is 39.9 Å². The van der Waals surface area contributed by atoms with Crippen LogP contribution in [-0.2, 0) is 9.53 Å². The van der Waals surface area contributed by atoms with Crippen molar-refractivity contribution in [3.63, 3.8) is 0 Å². The predicted molar refractivity (Wildman–Crippen MR) is 80.8 cm³/mol. The lowest BCUT2D eigenvalue weighted by atomic mass is 10.4. The second-order valence-electron chi connectivity index (χ2n) is 5.07. The van der Waals surface area contributed by atoms with Gasteiger partial charge in [0.25, 0.3) is 0 Å². The van der Waals surface area contributed by atoms with Gasteiger partial charge in [0.2, 0.25) is 5.91 Å². The van der Waals surface area contributed by atoms with Gasteiger partial charge in [-0.2, -0.15) is 0 Å². The van der Waals surface area contributed by atoms with Crippen LogP contribution in [-0.4, -0.2) is 51.8 Å². The first-order valence-electron chi connectivity index (χ1n) is 7.55. The lowest BCUT2D eigenvalue weighted by Crippen LogP contribution is -2.43. The molecule has 20 heavy (non-hydrogen) atoms. The molecule has 1 aliphatic carbocycles. The molecule has 0 bridgehead atoms. The van der Waals surface area contributed by atoms with Gasteiger partial charge in [0.1, 0.15) is 0 Å². The van der Waals surface area contributed by atoms with E-state index in [1.807, 2.05) is 6.92 Å². The number of carbonyl (C=O) groups is 1. The third-order valence-corrected chi connectivity index (χ3v) is 3.02. The van der Waals surface area contributed by atoms with Gasteiger partial charge in [-0.25, -0.2) is 0 Å². The van der Waals surface area contributed by atoms with Crippen LogP contribution >= 0.6 is 0 Å². The Labute approximate surface area is 121 Å². The van der Waals surface area contributed by atoms with Crippen LogP contribution in [0.5, 0.6) is 0 Å².